The lowest BCUT2D eigenvalue weighted by molar-refractivity contribution is 0.0843. The fourth-order valence-corrected chi connectivity index (χ4v) is 5.78. The Morgan fingerprint density at radius 3 is 2.47 bits per heavy atom. The highest BCUT2D eigenvalue weighted by Gasteiger charge is 2.29. The summed E-state index contributed by atoms with van der Waals surface area (Å²) >= 11 is 0. The predicted molar refractivity (Wildman–Crippen MR) is 137 cm³/mol. The average molecular weight is 505 g/mol. The molecule has 0 atom stereocenters. The minimum absolute atomic E-state index is 0.0338. The molecule has 1 fully saturated rings. The van der Waals surface area contributed by atoms with Gasteiger partial charge in [0.25, 0.3) is 0 Å². The van der Waals surface area contributed by atoms with Gasteiger partial charge in [0, 0.05) is 70.6 Å². The van der Waals surface area contributed by atoms with Crippen LogP contribution in [0.15, 0.2) is 59.8 Å². The Balaban J connectivity index is 1.72. The summed E-state index contributed by atoms with van der Waals surface area (Å²) in [4.78, 5) is 4.29. The molecule has 1 aliphatic rings. The Bertz CT molecular complexity index is 1700. The monoisotopic (exact) mass is 504 g/mol. The Hall–Kier alpha value is -3.56. The van der Waals surface area contributed by atoms with Gasteiger partial charge in [-0.05, 0) is 68.3 Å². The number of sulfone groups is 1. The summed E-state index contributed by atoms with van der Waals surface area (Å²) in [6, 6.07) is 14.1. The molecule has 184 valence electrons. The van der Waals surface area contributed by atoms with Crippen molar-refractivity contribution in [1.29, 1.82) is 0 Å². The second-order valence-electron chi connectivity index (χ2n) is 9.35. The first-order valence-corrected chi connectivity index (χ1v) is 13.7. The maximum Gasteiger partial charge on any atom is 0.192 e. The number of nitrogens with one attached hydrogen (secondary N) is 1. The van der Waals surface area contributed by atoms with Gasteiger partial charge in [0.15, 0.2) is 14.9 Å². The van der Waals surface area contributed by atoms with E-state index in [2.05, 4.69) is 31.9 Å². The molecule has 4 heterocycles. The number of pyridine rings is 1. The van der Waals surface area contributed by atoms with E-state index in [0.29, 0.717) is 13.2 Å². The summed E-state index contributed by atoms with van der Waals surface area (Å²) in [7, 11) is -3.43. The van der Waals surface area contributed by atoms with E-state index in [-0.39, 0.29) is 16.8 Å². The van der Waals surface area contributed by atoms with E-state index in [1.54, 1.807) is 24.4 Å². The number of benzene rings is 2. The number of aromatic nitrogens is 4. The van der Waals surface area contributed by atoms with E-state index in [9.17, 15) is 12.8 Å². The van der Waals surface area contributed by atoms with Crippen LogP contribution in [0.5, 0.6) is 0 Å². The zero-order valence-corrected chi connectivity index (χ0v) is 20.8. The molecule has 3 aromatic heterocycles. The van der Waals surface area contributed by atoms with Crippen molar-refractivity contribution in [2.75, 3.05) is 19.5 Å². The summed E-state index contributed by atoms with van der Waals surface area (Å²) in [5.74, 6) is -0.104. The maximum atomic E-state index is 13.9. The largest absolute Gasteiger partial charge is 0.381 e. The Morgan fingerprint density at radius 2 is 1.81 bits per heavy atom. The van der Waals surface area contributed by atoms with Crippen molar-refractivity contribution < 1.29 is 17.5 Å². The van der Waals surface area contributed by atoms with Crippen molar-refractivity contribution in [3.8, 4) is 16.8 Å². The SMILES string of the molecule is Cc1[nH]nc2cc3c(-c4ccc(S(C)(=O)=O)nc4)c(C4CCOCC4)n(-c4ccc(F)cc4)c3cc12. The van der Waals surface area contributed by atoms with E-state index < -0.39 is 9.84 Å². The fourth-order valence-electron chi connectivity index (χ4n) is 5.22. The highest BCUT2D eigenvalue weighted by atomic mass is 32.2. The Kier molecular flexibility index (Phi) is 5.42. The number of aromatic amines is 1. The highest BCUT2D eigenvalue weighted by molar-refractivity contribution is 7.90. The van der Waals surface area contributed by atoms with Gasteiger partial charge in [-0.15, -0.1) is 0 Å². The summed E-state index contributed by atoms with van der Waals surface area (Å²) in [5, 5.41) is 9.58. The van der Waals surface area contributed by atoms with Crippen LogP contribution in [0.2, 0.25) is 0 Å². The zero-order valence-electron chi connectivity index (χ0n) is 20.0. The lowest BCUT2D eigenvalue weighted by Crippen LogP contribution is -2.17. The molecular formula is C27H25FN4O3S. The normalized spacial score (nSPS) is 15.2. The topological polar surface area (TPSA) is 89.9 Å². The first-order chi connectivity index (χ1) is 17.3. The third-order valence-electron chi connectivity index (χ3n) is 6.97. The standard InChI is InChI=1S/C27H25FN4O3S/c1-16-21-14-24-22(13-23(21)31-30-16)26(18-3-8-25(29-15-18)36(2,33)34)27(17-9-11-35-12-10-17)32(24)20-6-4-19(28)5-7-20/h3-8,13-15,17H,9-12H2,1-2H3,(H,30,31). The fraction of sp³-hybridized carbons (Fsp3) is 0.259. The molecule has 0 unspecified atom stereocenters. The summed E-state index contributed by atoms with van der Waals surface area (Å²) in [6.07, 6.45) is 4.47. The molecule has 1 saturated heterocycles. The van der Waals surface area contributed by atoms with Crippen LogP contribution in [-0.2, 0) is 14.6 Å². The number of ether oxygens (including phenoxy) is 1. The van der Waals surface area contributed by atoms with Crippen LogP contribution in [0.4, 0.5) is 4.39 Å². The van der Waals surface area contributed by atoms with E-state index >= 15 is 0 Å². The molecule has 0 saturated carbocycles. The molecule has 2 aromatic carbocycles. The van der Waals surface area contributed by atoms with Gasteiger partial charge >= 0.3 is 0 Å². The number of rotatable bonds is 4. The van der Waals surface area contributed by atoms with Crippen molar-refractivity contribution in [2.24, 2.45) is 0 Å². The van der Waals surface area contributed by atoms with Crippen LogP contribution in [-0.4, -0.2) is 47.6 Å². The van der Waals surface area contributed by atoms with Gasteiger partial charge in [-0.3, -0.25) is 5.10 Å². The van der Waals surface area contributed by atoms with E-state index in [1.807, 2.05) is 13.0 Å². The first-order valence-electron chi connectivity index (χ1n) is 11.8. The van der Waals surface area contributed by atoms with Crippen molar-refractivity contribution in [3.63, 3.8) is 0 Å². The minimum atomic E-state index is -3.43. The number of nitrogens with zero attached hydrogens (tertiary/aromatic N) is 3. The molecule has 5 aromatic rings. The Morgan fingerprint density at radius 1 is 1.06 bits per heavy atom. The quantitative estimate of drug-likeness (QED) is 0.358. The van der Waals surface area contributed by atoms with Crippen LogP contribution in [0.25, 0.3) is 38.6 Å². The third-order valence-corrected chi connectivity index (χ3v) is 7.97. The van der Waals surface area contributed by atoms with E-state index in [1.165, 1.54) is 12.1 Å². The van der Waals surface area contributed by atoms with Crippen LogP contribution >= 0.6 is 0 Å². The second kappa shape index (κ2) is 8.53. The average Bonchev–Trinajstić information content (AvgIpc) is 3.40. The van der Waals surface area contributed by atoms with Crippen molar-refractivity contribution in [3.05, 3.63) is 71.9 Å². The van der Waals surface area contributed by atoms with Gasteiger partial charge < -0.3 is 9.30 Å². The molecular weight excluding hydrogens is 479 g/mol. The van der Waals surface area contributed by atoms with Gasteiger partial charge in [0.2, 0.25) is 0 Å². The van der Waals surface area contributed by atoms with Gasteiger partial charge in [-0.2, -0.15) is 5.10 Å². The smallest absolute Gasteiger partial charge is 0.192 e. The van der Waals surface area contributed by atoms with Gasteiger partial charge in [0.1, 0.15) is 5.82 Å². The van der Waals surface area contributed by atoms with Crippen molar-refractivity contribution in [1.82, 2.24) is 19.7 Å². The summed E-state index contributed by atoms with van der Waals surface area (Å²) < 4.78 is 45.9. The third kappa shape index (κ3) is 3.79. The summed E-state index contributed by atoms with van der Waals surface area (Å²) in [5.41, 5.74) is 6.53. The minimum Gasteiger partial charge on any atom is -0.381 e. The number of H-pyrrole nitrogens is 1. The van der Waals surface area contributed by atoms with Crippen LogP contribution < -0.4 is 0 Å². The highest BCUT2D eigenvalue weighted by Crippen LogP contribution is 2.44. The molecule has 36 heavy (non-hydrogen) atoms. The predicted octanol–water partition coefficient (Wildman–Crippen LogP) is 5.31. The summed E-state index contributed by atoms with van der Waals surface area (Å²) in [6.45, 7) is 3.30. The van der Waals surface area contributed by atoms with Crippen LogP contribution in [0.3, 0.4) is 0 Å². The van der Waals surface area contributed by atoms with Crippen molar-refractivity contribution >= 4 is 31.6 Å². The molecule has 0 radical (unpaired) electrons. The molecule has 0 amide bonds. The van der Waals surface area contributed by atoms with Crippen LogP contribution in [0.1, 0.15) is 30.1 Å². The number of hydrogen-bond acceptors (Lipinski definition) is 5. The lowest BCUT2D eigenvalue weighted by atomic mass is 9.90. The van der Waals surface area contributed by atoms with Crippen LogP contribution in [0, 0.1) is 12.7 Å². The van der Waals surface area contributed by atoms with Gasteiger partial charge in [-0.25, -0.2) is 17.8 Å². The number of halogens is 1. The van der Waals surface area contributed by atoms with Gasteiger partial charge in [-0.1, -0.05) is 0 Å². The number of fused-ring (bicyclic) bond motifs is 2. The van der Waals surface area contributed by atoms with Crippen molar-refractivity contribution in [2.45, 2.75) is 30.7 Å². The van der Waals surface area contributed by atoms with Gasteiger partial charge in [0.05, 0.1) is 11.0 Å². The number of aryl methyl sites for hydroxylation is 1. The molecule has 9 heteroatoms. The molecule has 0 spiro atoms. The molecule has 0 bridgehead atoms. The molecule has 6 rings (SSSR count). The van der Waals surface area contributed by atoms with E-state index in [4.69, 9.17) is 4.74 Å². The number of hydrogen-bond donors (Lipinski definition) is 1. The Labute approximate surface area is 207 Å². The lowest BCUT2D eigenvalue weighted by Gasteiger charge is -2.25. The molecule has 1 N–H and O–H groups in total. The van der Waals surface area contributed by atoms with E-state index in [0.717, 1.165) is 69.1 Å². The molecule has 0 aliphatic carbocycles. The molecule has 1 aliphatic heterocycles. The molecule has 7 nitrogen and oxygen atoms in total. The first kappa shape index (κ1) is 22.9. The maximum absolute atomic E-state index is 13.9. The zero-order chi connectivity index (χ0) is 25.0. The second-order valence-corrected chi connectivity index (χ2v) is 11.3.